The summed E-state index contributed by atoms with van der Waals surface area (Å²) in [6.07, 6.45) is 3.80. The third-order valence-electron chi connectivity index (χ3n) is 4.10. The molecule has 2 unspecified atom stereocenters. The maximum absolute atomic E-state index is 3.52. The number of nitrogens with one attached hydrogen (secondary N) is 2. The van der Waals surface area contributed by atoms with Gasteiger partial charge in [-0.15, -0.1) is 0 Å². The van der Waals surface area contributed by atoms with Gasteiger partial charge in [0.15, 0.2) is 0 Å². The maximum atomic E-state index is 3.52. The molecule has 2 rings (SSSR count). The van der Waals surface area contributed by atoms with Crippen LogP contribution in [0.25, 0.3) is 0 Å². The Morgan fingerprint density at radius 3 is 2.53 bits per heavy atom. The first kappa shape index (κ1) is 14.5. The van der Waals surface area contributed by atoms with E-state index in [1.54, 1.807) is 0 Å². The van der Waals surface area contributed by atoms with Crippen LogP contribution in [0.2, 0.25) is 0 Å². The predicted molar refractivity (Wildman–Crippen MR) is 82.4 cm³/mol. The summed E-state index contributed by atoms with van der Waals surface area (Å²) in [6, 6.07) is 9.72. The van der Waals surface area contributed by atoms with E-state index in [4.69, 9.17) is 0 Å². The number of rotatable bonds is 5. The van der Waals surface area contributed by atoms with Gasteiger partial charge in [0.05, 0.1) is 0 Å². The molecule has 0 aliphatic carbocycles. The van der Waals surface area contributed by atoms with E-state index in [1.165, 1.54) is 36.9 Å². The molecular weight excluding hydrogens is 232 g/mol. The van der Waals surface area contributed by atoms with Gasteiger partial charge in [0.1, 0.15) is 0 Å². The first-order valence-electron chi connectivity index (χ1n) is 7.67. The van der Waals surface area contributed by atoms with Crippen LogP contribution in [0, 0.1) is 11.8 Å². The smallest absolute Gasteiger partial charge is 0.0358 e. The van der Waals surface area contributed by atoms with E-state index in [0.29, 0.717) is 6.04 Å². The molecule has 1 aliphatic rings. The highest BCUT2D eigenvalue weighted by Crippen LogP contribution is 2.27. The minimum absolute atomic E-state index is 0.487. The van der Waals surface area contributed by atoms with Gasteiger partial charge in [-0.3, -0.25) is 0 Å². The standard InChI is InChI=1S/C17H28N2/c1-13(2)11-14-6-8-15(9-7-14)17(18-3)16-5-4-10-19-12-16/h6-9,13,16-19H,4-5,10-12H2,1-3H3. The van der Waals surface area contributed by atoms with Gasteiger partial charge >= 0.3 is 0 Å². The van der Waals surface area contributed by atoms with Crippen LogP contribution < -0.4 is 10.6 Å². The molecule has 2 atom stereocenters. The SMILES string of the molecule is CNC(c1ccc(CC(C)C)cc1)C1CCCNC1. The zero-order chi connectivity index (χ0) is 13.7. The Labute approximate surface area is 118 Å². The van der Waals surface area contributed by atoms with Crippen LogP contribution in [0.3, 0.4) is 0 Å². The van der Waals surface area contributed by atoms with E-state index in [-0.39, 0.29) is 0 Å². The Balaban J connectivity index is 2.05. The first-order valence-corrected chi connectivity index (χ1v) is 7.67. The average Bonchev–Trinajstić information content (AvgIpc) is 2.42. The second-order valence-electron chi connectivity index (χ2n) is 6.21. The van der Waals surface area contributed by atoms with Crippen molar-refractivity contribution in [3.8, 4) is 0 Å². The number of benzene rings is 1. The second-order valence-corrected chi connectivity index (χ2v) is 6.21. The van der Waals surface area contributed by atoms with Gasteiger partial charge in [-0.2, -0.15) is 0 Å². The van der Waals surface area contributed by atoms with E-state index in [2.05, 4.69) is 55.8 Å². The number of piperidine rings is 1. The number of hydrogen-bond acceptors (Lipinski definition) is 2. The van der Waals surface area contributed by atoms with Crippen LogP contribution in [0.15, 0.2) is 24.3 Å². The summed E-state index contributed by atoms with van der Waals surface area (Å²) in [5.41, 5.74) is 2.89. The largest absolute Gasteiger partial charge is 0.316 e. The predicted octanol–water partition coefficient (Wildman–Crippen LogP) is 3.15. The Morgan fingerprint density at radius 2 is 2.00 bits per heavy atom. The van der Waals surface area contributed by atoms with Gasteiger partial charge in [0.25, 0.3) is 0 Å². The van der Waals surface area contributed by atoms with Crippen molar-refractivity contribution in [2.45, 2.75) is 39.2 Å². The summed E-state index contributed by atoms with van der Waals surface area (Å²) >= 11 is 0. The van der Waals surface area contributed by atoms with Crippen molar-refractivity contribution in [2.75, 3.05) is 20.1 Å². The van der Waals surface area contributed by atoms with E-state index in [9.17, 15) is 0 Å². The second kappa shape index (κ2) is 7.06. The van der Waals surface area contributed by atoms with Crippen molar-refractivity contribution in [2.24, 2.45) is 11.8 Å². The van der Waals surface area contributed by atoms with Crippen LogP contribution in [0.4, 0.5) is 0 Å². The molecule has 0 saturated carbocycles. The highest BCUT2D eigenvalue weighted by molar-refractivity contribution is 5.26. The third-order valence-corrected chi connectivity index (χ3v) is 4.10. The molecule has 0 amide bonds. The van der Waals surface area contributed by atoms with Crippen molar-refractivity contribution in [1.29, 1.82) is 0 Å². The minimum atomic E-state index is 0.487. The molecule has 1 saturated heterocycles. The summed E-state index contributed by atoms with van der Waals surface area (Å²) in [7, 11) is 2.08. The highest BCUT2D eigenvalue weighted by Gasteiger charge is 2.23. The summed E-state index contributed by atoms with van der Waals surface area (Å²) in [5, 5.41) is 7.03. The van der Waals surface area contributed by atoms with Gasteiger partial charge in [0.2, 0.25) is 0 Å². The van der Waals surface area contributed by atoms with Gasteiger partial charge in [-0.05, 0) is 62.4 Å². The molecule has 0 spiro atoms. The molecule has 1 aromatic carbocycles. The summed E-state index contributed by atoms with van der Waals surface area (Å²) in [4.78, 5) is 0. The molecule has 106 valence electrons. The van der Waals surface area contributed by atoms with Crippen molar-refractivity contribution in [3.05, 3.63) is 35.4 Å². The van der Waals surface area contributed by atoms with Gasteiger partial charge < -0.3 is 10.6 Å². The van der Waals surface area contributed by atoms with Gasteiger partial charge in [-0.1, -0.05) is 38.1 Å². The molecule has 1 aliphatic heterocycles. The lowest BCUT2D eigenvalue weighted by Crippen LogP contribution is -2.37. The fraction of sp³-hybridized carbons (Fsp3) is 0.647. The molecule has 0 aromatic heterocycles. The van der Waals surface area contributed by atoms with Crippen molar-refractivity contribution in [3.63, 3.8) is 0 Å². The molecule has 0 bridgehead atoms. The molecule has 1 fully saturated rings. The Kier molecular flexibility index (Phi) is 5.41. The van der Waals surface area contributed by atoms with E-state index < -0.39 is 0 Å². The third kappa shape index (κ3) is 4.05. The zero-order valence-electron chi connectivity index (χ0n) is 12.6. The zero-order valence-corrected chi connectivity index (χ0v) is 12.6. The Bertz CT molecular complexity index is 363. The van der Waals surface area contributed by atoms with Gasteiger partial charge in [0, 0.05) is 6.04 Å². The monoisotopic (exact) mass is 260 g/mol. The van der Waals surface area contributed by atoms with Crippen molar-refractivity contribution < 1.29 is 0 Å². The van der Waals surface area contributed by atoms with Crippen molar-refractivity contribution >= 4 is 0 Å². The lowest BCUT2D eigenvalue weighted by Gasteiger charge is -2.31. The normalized spacial score (nSPS) is 21.6. The lowest BCUT2D eigenvalue weighted by molar-refractivity contribution is 0.298. The highest BCUT2D eigenvalue weighted by atomic mass is 14.9. The fourth-order valence-corrected chi connectivity index (χ4v) is 3.17. The molecule has 2 N–H and O–H groups in total. The molecule has 1 aromatic rings. The van der Waals surface area contributed by atoms with E-state index in [0.717, 1.165) is 18.4 Å². The molecule has 19 heavy (non-hydrogen) atoms. The molecule has 2 heteroatoms. The average molecular weight is 260 g/mol. The molecule has 1 heterocycles. The lowest BCUT2D eigenvalue weighted by atomic mass is 9.87. The Hall–Kier alpha value is -0.860. The number of hydrogen-bond donors (Lipinski definition) is 2. The van der Waals surface area contributed by atoms with E-state index >= 15 is 0 Å². The molecule has 2 nitrogen and oxygen atoms in total. The van der Waals surface area contributed by atoms with E-state index in [1.807, 2.05) is 0 Å². The van der Waals surface area contributed by atoms with Crippen LogP contribution >= 0.6 is 0 Å². The topological polar surface area (TPSA) is 24.1 Å². The summed E-state index contributed by atoms with van der Waals surface area (Å²) < 4.78 is 0. The van der Waals surface area contributed by atoms with Crippen LogP contribution in [0.1, 0.15) is 43.9 Å². The van der Waals surface area contributed by atoms with Crippen LogP contribution in [0.5, 0.6) is 0 Å². The maximum Gasteiger partial charge on any atom is 0.0358 e. The van der Waals surface area contributed by atoms with Gasteiger partial charge in [-0.25, -0.2) is 0 Å². The summed E-state index contributed by atoms with van der Waals surface area (Å²) in [5.74, 6) is 1.45. The molecular formula is C17H28N2. The summed E-state index contributed by atoms with van der Waals surface area (Å²) in [6.45, 7) is 6.87. The van der Waals surface area contributed by atoms with Crippen molar-refractivity contribution in [1.82, 2.24) is 10.6 Å². The molecule has 0 radical (unpaired) electrons. The quantitative estimate of drug-likeness (QED) is 0.850. The Morgan fingerprint density at radius 1 is 1.26 bits per heavy atom. The van der Waals surface area contributed by atoms with Crippen LogP contribution in [-0.4, -0.2) is 20.1 Å². The first-order chi connectivity index (χ1) is 9.20. The fourth-order valence-electron chi connectivity index (χ4n) is 3.17. The minimum Gasteiger partial charge on any atom is -0.316 e. The van der Waals surface area contributed by atoms with Crippen LogP contribution in [-0.2, 0) is 6.42 Å².